The van der Waals surface area contributed by atoms with Crippen LogP contribution in [0.15, 0.2) is 30.6 Å². The van der Waals surface area contributed by atoms with Gasteiger partial charge in [0.25, 0.3) is 5.91 Å². The second-order valence-electron chi connectivity index (χ2n) is 7.51. The van der Waals surface area contributed by atoms with Gasteiger partial charge < -0.3 is 14.2 Å². The summed E-state index contributed by atoms with van der Waals surface area (Å²) in [7, 11) is 1.63. The van der Waals surface area contributed by atoms with Crippen LogP contribution in [0.2, 0.25) is 0 Å². The molecule has 0 N–H and O–H groups in total. The highest BCUT2D eigenvalue weighted by Crippen LogP contribution is 2.53. The Morgan fingerprint density at radius 3 is 2.88 bits per heavy atom. The molecule has 1 saturated carbocycles. The van der Waals surface area contributed by atoms with Crippen molar-refractivity contribution in [3.63, 3.8) is 0 Å². The Labute approximate surface area is 154 Å². The van der Waals surface area contributed by atoms with Crippen molar-refractivity contribution < 1.29 is 9.53 Å². The molecule has 2 aliphatic rings. The van der Waals surface area contributed by atoms with Gasteiger partial charge in [-0.1, -0.05) is 18.9 Å². The Hall–Kier alpha value is -2.37. The molecule has 1 amide bonds. The van der Waals surface area contributed by atoms with Crippen LogP contribution < -0.4 is 4.74 Å². The largest absolute Gasteiger partial charge is 0.497 e. The molecule has 2 aromatic rings. The summed E-state index contributed by atoms with van der Waals surface area (Å²) in [5.41, 5.74) is 0.837. The summed E-state index contributed by atoms with van der Waals surface area (Å²) in [5, 5.41) is 8.57. The van der Waals surface area contributed by atoms with Gasteiger partial charge in [-0.05, 0) is 43.4 Å². The van der Waals surface area contributed by atoms with Gasteiger partial charge in [0.1, 0.15) is 17.9 Å². The molecular formula is C20H26N4O2. The van der Waals surface area contributed by atoms with Crippen LogP contribution >= 0.6 is 0 Å². The number of likely N-dealkylation sites (tertiary alicyclic amines) is 1. The molecule has 1 aromatic heterocycles. The minimum atomic E-state index is 0.0836. The van der Waals surface area contributed by atoms with E-state index in [0.29, 0.717) is 11.3 Å². The average molecular weight is 354 g/mol. The zero-order valence-corrected chi connectivity index (χ0v) is 15.5. The number of aromatic nitrogens is 3. The van der Waals surface area contributed by atoms with Crippen molar-refractivity contribution in [2.45, 2.75) is 45.1 Å². The molecule has 1 spiro atoms. The number of benzene rings is 1. The van der Waals surface area contributed by atoms with E-state index in [1.165, 1.54) is 12.8 Å². The quantitative estimate of drug-likeness (QED) is 0.846. The third kappa shape index (κ3) is 2.77. The first-order chi connectivity index (χ1) is 12.7. The molecule has 1 unspecified atom stereocenters. The Kier molecular flexibility index (Phi) is 4.42. The smallest absolute Gasteiger partial charge is 0.254 e. The fourth-order valence-corrected chi connectivity index (χ4v) is 4.78. The Bertz CT molecular complexity index is 795. The molecule has 0 bridgehead atoms. The molecule has 26 heavy (non-hydrogen) atoms. The van der Waals surface area contributed by atoms with Gasteiger partial charge in [-0.2, -0.15) is 0 Å². The minimum Gasteiger partial charge on any atom is -0.497 e. The van der Waals surface area contributed by atoms with Crippen LogP contribution in [0.4, 0.5) is 0 Å². The molecule has 1 aliphatic carbocycles. The van der Waals surface area contributed by atoms with Crippen molar-refractivity contribution >= 4 is 5.91 Å². The van der Waals surface area contributed by atoms with Crippen molar-refractivity contribution in [3.8, 4) is 5.75 Å². The SMILES string of the molecule is CCn1cnnc1C1CN(C(=O)c2cccc(OC)c2)CC12CCCC2. The van der Waals surface area contributed by atoms with Gasteiger partial charge in [0.15, 0.2) is 0 Å². The number of methoxy groups -OCH3 is 1. The summed E-state index contributed by atoms with van der Waals surface area (Å²) in [6.45, 7) is 4.50. The lowest BCUT2D eigenvalue weighted by molar-refractivity contribution is 0.0773. The highest BCUT2D eigenvalue weighted by atomic mass is 16.5. The molecule has 2 heterocycles. The molecule has 0 radical (unpaired) electrons. The first kappa shape index (κ1) is 17.1. The lowest BCUT2D eigenvalue weighted by Crippen LogP contribution is -2.31. The molecule has 2 fully saturated rings. The Balaban J connectivity index is 1.64. The highest BCUT2D eigenvalue weighted by Gasteiger charge is 2.51. The van der Waals surface area contributed by atoms with Crippen LogP contribution in [-0.2, 0) is 6.54 Å². The van der Waals surface area contributed by atoms with E-state index in [1.807, 2.05) is 35.5 Å². The van der Waals surface area contributed by atoms with Gasteiger partial charge in [-0.25, -0.2) is 0 Å². The zero-order valence-electron chi connectivity index (χ0n) is 15.5. The first-order valence-electron chi connectivity index (χ1n) is 9.48. The lowest BCUT2D eigenvalue weighted by atomic mass is 9.76. The molecule has 138 valence electrons. The summed E-state index contributed by atoms with van der Waals surface area (Å²) in [4.78, 5) is 15.2. The average Bonchev–Trinajstić information content (AvgIpc) is 3.41. The first-order valence-corrected chi connectivity index (χ1v) is 9.48. The Morgan fingerprint density at radius 1 is 1.35 bits per heavy atom. The number of carbonyl (C=O) groups is 1. The van der Waals surface area contributed by atoms with E-state index in [-0.39, 0.29) is 17.2 Å². The number of rotatable bonds is 4. The normalized spacial score (nSPS) is 21.5. The van der Waals surface area contributed by atoms with E-state index in [2.05, 4.69) is 21.7 Å². The summed E-state index contributed by atoms with van der Waals surface area (Å²) >= 11 is 0. The standard InChI is InChI=1S/C20H26N4O2/c1-3-23-14-21-22-18(23)17-12-24(13-20(17)9-4-5-10-20)19(25)15-7-6-8-16(11-15)26-2/h6-8,11,14,17H,3-5,9-10,12-13H2,1-2H3. The minimum absolute atomic E-state index is 0.0836. The van der Waals surface area contributed by atoms with E-state index >= 15 is 0 Å². The summed E-state index contributed by atoms with van der Waals surface area (Å²) in [6.07, 6.45) is 6.60. The Morgan fingerprint density at radius 2 is 2.15 bits per heavy atom. The van der Waals surface area contributed by atoms with Crippen molar-refractivity contribution in [1.29, 1.82) is 0 Å². The second-order valence-corrected chi connectivity index (χ2v) is 7.51. The van der Waals surface area contributed by atoms with Crippen molar-refractivity contribution in [3.05, 3.63) is 42.0 Å². The summed E-state index contributed by atoms with van der Waals surface area (Å²) in [5.74, 6) is 2.10. The molecule has 6 nitrogen and oxygen atoms in total. The number of hydrogen-bond acceptors (Lipinski definition) is 4. The van der Waals surface area contributed by atoms with Crippen LogP contribution in [0.3, 0.4) is 0 Å². The monoisotopic (exact) mass is 354 g/mol. The van der Waals surface area contributed by atoms with Crippen LogP contribution in [0.5, 0.6) is 5.75 Å². The highest BCUT2D eigenvalue weighted by molar-refractivity contribution is 5.95. The molecule has 1 atom stereocenters. The second kappa shape index (κ2) is 6.74. The molecule has 1 aromatic carbocycles. The molecule has 1 aliphatic heterocycles. The van der Waals surface area contributed by atoms with Crippen LogP contribution in [0.1, 0.15) is 54.7 Å². The fraction of sp³-hybridized carbons (Fsp3) is 0.550. The van der Waals surface area contributed by atoms with E-state index in [4.69, 9.17) is 4.74 Å². The van der Waals surface area contributed by atoms with Crippen molar-refractivity contribution in [1.82, 2.24) is 19.7 Å². The summed E-state index contributed by atoms with van der Waals surface area (Å²) < 4.78 is 7.41. The van der Waals surface area contributed by atoms with Crippen molar-refractivity contribution in [2.75, 3.05) is 20.2 Å². The third-order valence-corrected chi connectivity index (χ3v) is 6.15. The maximum Gasteiger partial charge on any atom is 0.254 e. The van der Waals surface area contributed by atoms with Gasteiger partial charge in [0.2, 0.25) is 0 Å². The number of aryl methyl sites for hydroxylation is 1. The number of amides is 1. The fourth-order valence-electron chi connectivity index (χ4n) is 4.78. The predicted molar refractivity (Wildman–Crippen MR) is 98.2 cm³/mol. The number of hydrogen-bond donors (Lipinski definition) is 0. The van der Waals surface area contributed by atoms with E-state index in [9.17, 15) is 4.79 Å². The number of carbonyl (C=O) groups excluding carboxylic acids is 1. The predicted octanol–water partition coefficient (Wildman–Crippen LogP) is 3.11. The van der Waals surface area contributed by atoms with E-state index in [0.717, 1.165) is 38.3 Å². The number of ether oxygens (including phenoxy) is 1. The van der Waals surface area contributed by atoms with Crippen molar-refractivity contribution in [2.24, 2.45) is 5.41 Å². The lowest BCUT2D eigenvalue weighted by Gasteiger charge is -2.29. The molecule has 1 saturated heterocycles. The third-order valence-electron chi connectivity index (χ3n) is 6.15. The van der Waals surface area contributed by atoms with Gasteiger partial charge in [-0.3, -0.25) is 4.79 Å². The van der Waals surface area contributed by atoms with Gasteiger partial charge in [-0.15, -0.1) is 10.2 Å². The molecule has 4 rings (SSSR count). The number of nitrogens with zero attached hydrogens (tertiary/aromatic N) is 4. The van der Waals surface area contributed by atoms with Crippen LogP contribution in [-0.4, -0.2) is 45.8 Å². The summed E-state index contributed by atoms with van der Waals surface area (Å²) in [6, 6.07) is 7.43. The van der Waals surface area contributed by atoms with Crippen LogP contribution in [0.25, 0.3) is 0 Å². The van der Waals surface area contributed by atoms with Gasteiger partial charge in [0, 0.05) is 31.1 Å². The maximum atomic E-state index is 13.2. The molecular weight excluding hydrogens is 328 g/mol. The topological polar surface area (TPSA) is 60.2 Å². The zero-order chi connectivity index (χ0) is 18.1. The van der Waals surface area contributed by atoms with Crippen LogP contribution in [0, 0.1) is 5.41 Å². The van der Waals surface area contributed by atoms with Gasteiger partial charge >= 0.3 is 0 Å². The molecule has 6 heteroatoms. The maximum absolute atomic E-state index is 13.2. The van der Waals surface area contributed by atoms with E-state index in [1.54, 1.807) is 7.11 Å². The van der Waals surface area contributed by atoms with Gasteiger partial charge in [0.05, 0.1) is 7.11 Å². The van der Waals surface area contributed by atoms with E-state index < -0.39 is 0 Å².